The van der Waals surface area contributed by atoms with Crippen LogP contribution < -0.4 is 10.0 Å². The Bertz CT molecular complexity index is 756. The first-order valence-corrected chi connectivity index (χ1v) is 10.4. The van der Waals surface area contributed by atoms with Gasteiger partial charge in [0.2, 0.25) is 0 Å². The van der Waals surface area contributed by atoms with E-state index in [1.807, 2.05) is 0 Å². The van der Waals surface area contributed by atoms with Crippen molar-refractivity contribution in [2.75, 3.05) is 6.54 Å². The van der Waals surface area contributed by atoms with Crippen molar-refractivity contribution in [3.8, 4) is 0 Å². The highest BCUT2D eigenvalue weighted by atomic mass is 32.2. The van der Waals surface area contributed by atoms with Crippen LogP contribution in [0.15, 0.2) is 4.21 Å². The van der Waals surface area contributed by atoms with Crippen LogP contribution in [0.25, 0.3) is 0 Å². The molecule has 2 fully saturated rings. The molecule has 0 spiro atoms. The quantitative estimate of drug-likeness (QED) is 0.761. The number of aromatic carboxylic acids is 1. The molecule has 8 heteroatoms. The second-order valence-corrected chi connectivity index (χ2v) is 9.82. The maximum atomic E-state index is 12.8. The molecule has 1 aliphatic heterocycles. The molecule has 1 aromatic heterocycles. The lowest BCUT2D eigenvalue weighted by Crippen LogP contribution is -2.38. The Hall–Kier alpha value is -0.960. The van der Waals surface area contributed by atoms with E-state index in [0.29, 0.717) is 36.9 Å². The van der Waals surface area contributed by atoms with E-state index < -0.39 is 16.0 Å². The summed E-state index contributed by atoms with van der Waals surface area (Å²) in [6.45, 7) is 1.23. The average Bonchev–Trinajstić information content (AvgIpc) is 3.19. The first-order chi connectivity index (χ1) is 11.0. The van der Waals surface area contributed by atoms with Gasteiger partial charge in [0.05, 0.1) is 5.56 Å². The van der Waals surface area contributed by atoms with Crippen molar-refractivity contribution in [3.63, 3.8) is 0 Å². The summed E-state index contributed by atoms with van der Waals surface area (Å²) in [5.41, 5.74) is 0.678. The molecule has 23 heavy (non-hydrogen) atoms. The third-order valence-electron chi connectivity index (χ3n) is 5.40. The SMILES string of the molecule is O=C(O)c1c(S(=O)(=O)N[C@H]2C[C@@H]3CC[C@H]2C3)sc2c1CCNC2. The number of carboxylic acids is 1. The highest BCUT2D eigenvalue weighted by Crippen LogP contribution is 2.45. The van der Waals surface area contributed by atoms with Gasteiger partial charge in [-0.15, -0.1) is 11.3 Å². The smallest absolute Gasteiger partial charge is 0.338 e. The Kier molecular flexibility index (Phi) is 3.75. The summed E-state index contributed by atoms with van der Waals surface area (Å²) in [7, 11) is -3.78. The molecule has 3 N–H and O–H groups in total. The van der Waals surface area contributed by atoms with E-state index in [4.69, 9.17) is 0 Å². The van der Waals surface area contributed by atoms with Crippen LogP contribution in [-0.4, -0.2) is 32.1 Å². The number of hydrogen-bond acceptors (Lipinski definition) is 5. The second kappa shape index (κ2) is 5.54. The molecule has 0 unspecified atom stereocenters. The van der Waals surface area contributed by atoms with Gasteiger partial charge in [-0.05, 0) is 49.6 Å². The summed E-state index contributed by atoms with van der Waals surface area (Å²) in [5, 5.41) is 12.7. The van der Waals surface area contributed by atoms with Gasteiger partial charge in [-0.25, -0.2) is 17.9 Å². The Morgan fingerprint density at radius 3 is 2.78 bits per heavy atom. The van der Waals surface area contributed by atoms with Crippen molar-refractivity contribution in [3.05, 3.63) is 16.0 Å². The predicted octanol–water partition coefficient (Wildman–Crippen LogP) is 1.56. The fraction of sp³-hybridized carbons (Fsp3) is 0.667. The number of rotatable bonds is 4. The summed E-state index contributed by atoms with van der Waals surface area (Å²) in [6.07, 6.45) is 4.83. The van der Waals surface area contributed by atoms with Gasteiger partial charge in [-0.2, -0.15) is 0 Å². The lowest BCUT2D eigenvalue weighted by Gasteiger charge is -2.22. The van der Waals surface area contributed by atoms with Crippen LogP contribution in [0, 0.1) is 11.8 Å². The van der Waals surface area contributed by atoms with Crippen molar-refractivity contribution < 1.29 is 18.3 Å². The lowest BCUT2D eigenvalue weighted by atomic mass is 9.96. The van der Waals surface area contributed by atoms with Gasteiger partial charge >= 0.3 is 5.97 Å². The van der Waals surface area contributed by atoms with E-state index in [1.54, 1.807) is 0 Å². The number of thiophene rings is 1. The van der Waals surface area contributed by atoms with E-state index in [0.717, 1.165) is 35.5 Å². The van der Waals surface area contributed by atoms with Crippen LogP contribution in [0.3, 0.4) is 0 Å². The number of fused-ring (bicyclic) bond motifs is 3. The molecule has 0 aromatic carbocycles. The highest BCUT2D eigenvalue weighted by Gasteiger charge is 2.42. The summed E-state index contributed by atoms with van der Waals surface area (Å²) in [4.78, 5) is 12.5. The minimum Gasteiger partial charge on any atom is -0.478 e. The zero-order valence-corrected chi connectivity index (χ0v) is 14.3. The number of carbonyl (C=O) groups is 1. The van der Waals surface area contributed by atoms with Crippen LogP contribution in [0.1, 0.15) is 46.5 Å². The molecule has 126 valence electrons. The van der Waals surface area contributed by atoms with Gasteiger partial charge in [-0.1, -0.05) is 6.42 Å². The van der Waals surface area contributed by atoms with E-state index >= 15 is 0 Å². The third-order valence-corrected chi connectivity index (χ3v) is 8.64. The van der Waals surface area contributed by atoms with Gasteiger partial charge in [0.25, 0.3) is 10.0 Å². The molecule has 0 saturated heterocycles. The molecule has 6 nitrogen and oxygen atoms in total. The van der Waals surface area contributed by atoms with E-state index in [2.05, 4.69) is 10.0 Å². The number of sulfonamides is 1. The summed E-state index contributed by atoms with van der Waals surface area (Å²) < 4.78 is 28.4. The van der Waals surface area contributed by atoms with Gasteiger partial charge in [0.1, 0.15) is 4.21 Å². The van der Waals surface area contributed by atoms with Gasteiger partial charge in [0, 0.05) is 17.5 Å². The average molecular weight is 356 g/mol. The van der Waals surface area contributed by atoms with Crippen molar-refractivity contribution in [1.82, 2.24) is 10.0 Å². The molecule has 1 aromatic rings. The molecule has 2 bridgehead atoms. The highest BCUT2D eigenvalue weighted by molar-refractivity contribution is 7.91. The monoisotopic (exact) mass is 356 g/mol. The molecule has 4 rings (SSSR count). The van der Waals surface area contributed by atoms with Crippen molar-refractivity contribution in [2.24, 2.45) is 11.8 Å². The molecule has 3 aliphatic rings. The Labute approximate surface area is 139 Å². The van der Waals surface area contributed by atoms with Crippen LogP contribution in [-0.2, 0) is 23.0 Å². The zero-order valence-electron chi connectivity index (χ0n) is 12.7. The van der Waals surface area contributed by atoms with Gasteiger partial charge < -0.3 is 10.4 Å². The molecule has 2 heterocycles. The summed E-state index contributed by atoms with van der Waals surface area (Å²) >= 11 is 1.11. The molecular formula is C15H20N2O4S2. The number of nitrogens with one attached hydrogen (secondary N) is 2. The fourth-order valence-corrected chi connectivity index (χ4v) is 7.55. The minimum absolute atomic E-state index is 0.0119. The topological polar surface area (TPSA) is 95.5 Å². The maximum absolute atomic E-state index is 12.8. The lowest BCUT2D eigenvalue weighted by molar-refractivity contribution is 0.0692. The summed E-state index contributed by atoms with van der Waals surface area (Å²) in [6, 6.07) is -0.0300. The van der Waals surface area contributed by atoms with Crippen LogP contribution in [0.4, 0.5) is 0 Å². The summed E-state index contributed by atoms with van der Waals surface area (Å²) in [5.74, 6) is -0.0931. The first-order valence-electron chi connectivity index (χ1n) is 8.06. The molecule has 2 aliphatic carbocycles. The van der Waals surface area contributed by atoms with Crippen molar-refractivity contribution in [2.45, 2.75) is 48.9 Å². The van der Waals surface area contributed by atoms with Crippen LogP contribution >= 0.6 is 11.3 Å². The largest absolute Gasteiger partial charge is 0.478 e. The zero-order chi connectivity index (χ0) is 16.2. The van der Waals surface area contributed by atoms with Gasteiger partial charge in [0.15, 0.2) is 0 Å². The maximum Gasteiger partial charge on any atom is 0.338 e. The third kappa shape index (κ3) is 2.61. The van der Waals surface area contributed by atoms with Crippen LogP contribution in [0.5, 0.6) is 0 Å². The van der Waals surface area contributed by atoms with E-state index in [-0.39, 0.29) is 15.8 Å². The number of hydrogen-bond donors (Lipinski definition) is 3. The molecule has 3 atom stereocenters. The predicted molar refractivity (Wildman–Crippen MR) is 86.2 cm³/mol. The number of carboxylic acid groups (broad SMARTS) is 1. The van der Waals surface area contributed by atoms with Crippen molar-refractivity contribution in [1.29, 1.82) is 0 Å². The fourth-order valence-electron chi connectivity index (χ4n) is 4.36. The normalized spacial score (nSPS) is 29.7. The van der Waals surface area contributed by atoms with Gasteiger partial charge in [-0.3, -0.25) is 0 Å². The standard InChI is InChI=1S/C15H20N2O4S2/c18-14(19)13-10-3-4-16-7-12(10)22-15(13)23(20,21)17-11-6-8-1-2-9(11)5-8/h8-9,11,16-17H,1-7H2,(H,18,19)/t8-,9+,11+/m1/s1. The first kappa shape index (κ1) is 15.6. The molecular weight excluding hydrogens is 336 g/mol. The van der Waals surface area contributed by atoms with E-state index in [1.165, 1.54) is 6.42 Å². The van der Waals surface area contributed by atoms with E-state index in [9.17, 15) is 18.3 Å². The second-order valence-electron chi connectivity index (χ2n) is 6.80. The molecule has 0 amide bonds. The molecule has 0 radical (unpaired) electrons. The Morgan fingerprint density at radius 1 is 1.30 bits per heavy atom. The van der Waals surface area contributed by atoms with Crippen LogP contribution in [0.2, 0.25) is 0 Å². The molecule has 2 saturated carbocycles. The van der Waals surface area contributed by atoms with Crippen molar-refractivity contribution >= 4 is 27.3 Å². The Balaban J connectivity index is 1.68. The minimum atomic E-state index is -3.78. The Morgan fingerprint density at radius 2 is 2.13 bits per heavy atom.